The first-order chi connectivity index (χ1) is 6.84. The zero-order valence-corrected chi connectivity index (χ0v) is 11.2. The third-order valence-electron chi connectivity index (χ3n) is 2.93. The van der Waals surface area contributed by atoms with E-state index in [-0.39, 0.29) is 5.92 Å². The van der Waals surface area contributed by atoms with Crippen LogP contribution in [-0.2, 0) is 4.79 Å². The highest BCUT2D eigenvalue weighted by Gasteiger charge is 2.10. The summed E-state index contributed by atoms with van der Waals surface area (Å²) in [5.41, 5.74) is 2.97. The molecule has 0 saturated carbocycles. The lowest BCUT2D eigenvalue weighted by Gasteiger charge is -2.14. The van der Waals surface area contributed by atoms with Gasteiger partial charge >= 0.3 is 0 Å². The zero-order valence-electron chi connectivity index (χ0n) is 11.2. The normalized spacial score (nSPS) is 12.7. The lowest BCUT2D eigenvalue weighted by Crippen LogP contribution is -2.07. The van der Waals surface area contributed by atoms with Gasteiger partial charge in [0.05, 0.1) is 0 Å². The van der Waals surface area contributed by atoms with Crippen LogP contribution >= 0.6 is 0 Å². The molecule has 15 heavy (non-hydrogen) atoms. The van der Waals surface area contributed by atoms with Crippen LogP contribution in [0, 0.1) is 11.8 Å². The van der Waals surface area contributed by atoms with Crippen molar-refractivity contribution in [3.63, 3.8) is 0 Å². The van der Waals surface area contributed by atoms with Crippen LogP contribution in [0.5, 0.6) is 0 Å². The summed E-state index contributed by atoms with van der Waals surface area (Å²) in [6.07, 6.45) is 3.26. The molecule has 1 atom stereocenters. The van der Waals surface area contributed by atoms with E-state index in [1.54, 1.807) is 6.92 Å². The lowest BCUT2D eigenvalue weighted by molar-refractivity contribution is -0.120. The quantitative estimate of drug-likeness (QED) is 0.595. The van der Waals surface area contributed by atoms with Crippen LogP contribution in [0.2, 0.25) is 0 Å². The second-order valence-corrected chi connectivity index (χ2v) is 5.25. The number of allylic oxidation sites excluding steroid dienone is 2. The molecule has 0 saturated heterocycles. The van der Waals surface area contributed by atoms with E-state index in [0.717, 1.165) is 12.8 Å². The maximum Gasteiger partial charge on any atom is 0.132 e. The Hall–Kier alpha value is -0.590. The van der Waals surface area contributed by atoms with E-state index in [2.05, 4.69) is 27.7 Å². The van der Waals surface area contributed by atoms with E-state index in [1.165, 1.54) is 17.6 Å². The molecule has 1 unspecified atom stereocenters. The van der Waals surface area contributed by atoms with Gasteiger partial charge in [0.1, 0.15) is 5.78 Å². The molecule has 88 valence electrons. The Morgan fingerprint density at radius 1 is 1.07 bits per heavy atom. The van der Waals surface area contributed by atoms with Gasteiger partial charge in [0.2, 0.25) is 0 Å². The fourth-order valence-corrected chi connectivity index (χ4v) is 1.64. The van der Waals surface area contributed by atoms with Gasteiger partial charge in [-0.3, -0.25) is 4.79 Å². The Bertz CT molecular complexity index is 232. The number of hydrogen-bond acceptors (Lipinski definition) is 1. The van der Waals surface area contributed by atoms with Gasteiger partial charge in [0.25, 0.3) is 0 Å². The first-order valence-electron chi connectivity index (χ1n) is 6.00. The van der Waals surface area contributed by atoms with E-state index in [0.29, 0.717) is 11.7 Å². The van der Waals surface area contributed by atoms with Crippen molar-refractivity contribution in [2.24, 2.45) is 11.8 Å². The first kappa shape index (κ1) is 14.4. The maximum absolute atomic E-state index is 11.1. The molecule has 0 aliphatic heterocycles. The van der Waals surface area contributed by atoms with Crippen molar-refractivity contribution in [3.05, 3.63) is 11.1 Å². The standard InChI is InChI=1S/C14H26O/c1-10(2)9-14(11(3)4)8-7-12(5)13(6)15/h10,12H,7-9H2,1-6H3. The van der Waals surface area contributed by atoms with E-state index >= 15 is 0 Å². The number of carbonyl (C=O) groups is 1. The van der Waals surface area contributed by atoms with Crippen LogP contribution in [0.3, 0.4) is 0 Å². The molecular formula is C14H26O. The molecule has 0 amide bonds. The largest absolute Gasteiger partial charge is 0.300 e. The van der Waals surface area contributed by atoms with E-state index in [1.807, 2.05) is 6.92 Å². The van der Waals surface area contributed by atoms with Crippen molar-refractivity contribution < 1.29 is 4.79 Å². The molecule has 0 aliphatic carbocycles. The fraction of sp³-hybridized carbons (Fsp3) is 0.786. The first-order valence-corrected chi connectivity index (χ1v) is 6.00. The van der Waals surface area contributed by atoms with Crippen molar-refractivity contribution in [1.82, 2.24) is 0 Å². The molecule has 0 fully saturated rings. The zero-order chi connectivity index (χ0) is 12.0. The highest BCUT2D eigenvalue weighted by atomic mass is 16.1. The number of hydrogen-bond donors (Lipinski definition) is 0. The molecule has 0 N–H and O–H groups in total. The second kappa shape index (κ2) is 6.81. The Balaban J connectivity index is 4.21. The topological polar surface area (TPSA) is 17.1 Å². The summed E-state index contributed by atoms with van der Waals surface area (Å²) in [4.78, 5) is 11.1. The number of Topliss-reactive ketones (excluding diaryl/α,β-unsaturated/α-hetero) is 1. The van der Waals surface area contributed by atoms with Gasteiger partial charge in [0.15, 0.2) is 0 Å². The number of carbonyl (C=O) groups excluding carboxylic acids is 1. The average Bonchev–Trinajstić information content (AvgIpc) is 2.10. The summed E-state index contributed by atoms with van der Waals surface area (Å²) < 4.78 is 0. The molecule has 1 heteroatoms. The van der Waals surface area contributed by atoms with Crippen molar-refractivity contribution in [1.29, 1.82) is 0 Å². The summed E-state index contributed by atoms with van der Waals surface area (Å²) in [5, 5.41) is 0. The maximum atomic E-state index is 11.1. The van der Waals surface area contributed by atoms with Crippen molar-refractivity contribution in [2.45, 2.75) is 60.8 Å². The lowest BCUT2D eigenvalue weighted by atomic mass is 9.91. The van der Waals surface area contributed by atoms with Gasteiger partial charge in [-0.25, -0.2) is 0 Å². The summed E-state index contributed by atoms with van der Waals surface area (Å²) in [5.74, 6) is 1.24. The van der Waals surface area contributed by atoms with Gasteiger partial charge in [-0.15, -0.1) is 0 Å². The van der Waals surface area contributed by atoms with Gasteiger partial charge in [0, 0.05) is 5.92 Å². The predicted octanol–water partition coefficient (Wildman–Crippen LogP) is 4.37. The number of ketones is 1. The summed E-state index contributed by atoms with van der Waals surface area (Å²) in [7, 11) is 0. The van der Waals surface area contributed by atoms with Crippen LogP contribution in [0.15, 0.2) is 11.1 Å². The molecule has 0 rings (SSSR count). The molecule has 1 nitrogen and oxygen atoms in total. The smallest absolute Gasteiger partial charge is 0.132 e. The van der Waals surface area contributed by atoms with Crippen LogP contribution < -0.4 is 0 Å². The van der Waals surface area contributed by atoms with Gasteiger partial charge < -0.3 is 0 Å². The van der Waals surface area contributed by atoms with Crippen LogP contribution in [0.4, 0.5) is 0 Å². The minimum atomic E-state index is 0.214. The highest BCUT2D eigenvalue weighted by molar-refractivity contribution is 5.77. The Labute approximate surface area is 95.0 Å². The molecule has 0 aromatic heterocycles. The fourth-order valence-electron chi connectivity index (χ4n) is 1.64. The van der Waals surface area contributed by atoms with E-state index in [4.69, 9.17) is 0 Å². The van der Waals surface area contributed by atoms with E-state index in [9.17, 15) is 4.79 Å². The van der Waals surface area contributed by atoms with Crippen molar-refractivity contribution >= 4 is 5.78 Å². The molecule has 0 aromatic carbocycles. The average molecular weight is 210 g/mol. The minimum absolute atomic E-state index is 0.214. The molecular weight excluding hydrogens is 184 g/mol. The van der Waals surface area contributed by atoms with Crippen LogP contribution in [-0.4, -0.2) is 5.78 Å². The van der Waals surface area contributed by atoms with Crippen molar-refractivity contribution in [3.8, 4) is 0 Å². The Morgan fingerprint density at radius 3 is 1.93 bits per heavy atom. The molecule has 0 bridgehead atoms. The molecule has 0 spiro atoms. The van der Waals surface area contributed by atoms with Gasteiger partial charge in [-0.1, -0.05) is 31.9 Å². The third kappa shape index (κ3) is 6.48. The molecule has 0 aliphatic rings. The second-order valence-electron chi connectivity index (χ2n) is 5.25. The SMILES string of the molecule is CC(=O)C(C)CCC(CC(C)C)=C(C)C. The van der Waals surface area contributed by atoms with Crippen LogP contribution in [0.25, 0.3) is 0 Å². The summed E-state index contributed by atoms with van der Waals surface area (Å²) in [6, 6.07) is 0. The number of rotatable bonds is 6. The van der Waals surface area contributed by atoms with Crippen molar-refractivity contribution in [2.75, 3.05) is 0 Å². The Kier molecular flexibility index (Phi) is 6.55. The Morgan fingerprint density at radius 2 is 1.60 bits per heavy atom. The van der Waals surface area contributed by atoms with Gasteiger partial charge in [-0.2, -0.15) is 0 Å². The summed E-state index contributed by atoms with van der Waals surface area (Å²) >= 11 is 0. The van der Waals surface area contributed by atoms with Gasteiger partial charge in [-0.05, 0) is 46.0 Å². The van der Waals surface area contributed by atoms with Crippen LogP contribution in [0.1, 0.15) is 60.8 Å². The predicted molar refractivity (Wildman–Crippen MR) is 66.9 cm³/mol. The summed E-state index contributed by atoms with van der Waals surface area (Å²) in [6.45, 7) is 12.6. The van der Waals surface area contributed by atoms with E-state index < -0.39 is 0 Å². The third-order valence-corrected chi connectivity index (χ3v) is 2.93. The molecule has 0 heterocycles. The highest BCUT2D eigenvalue weighted by Crippen LogP contribution is 2.22. The molecule has 0 aromatic rings. The molecule has 0 radical (unpaired) electrons. The minimum Gasteiger partial charge on any atom is -0.300 e. The monoisotopic (exact) mass is 210 g/mol.